The van der Waals surface area contributed by atoms with Crippen molar-refractivity contribution in [2.45, 2.75) is 28.7 Å². The summed E-state index contributed by atoms with van der Waals surface area (Å²) in [6, 6.07) is 20.9. The third kappa shape index (κ3) is 8.58. The Balaban J connectivity index is 1.32. The van der Waals surface area contributed by atoms with Crippen molar-refractivity contribution >= 4 is 17.2 Å². The molecule has 217 valence electrons. The number of allylic oxidation sites excluding steroid dienone is 2. The van der Waals surface area contributed by atoms with Crippen molar-refractivity contribution in [2.75, 3.05) is 40.1 Å². The van der Waals surface area contributed by atoms with Gasteiger partial charge in [0.2, 0.25) is 0 Å². The molecule has 6 nitrogen and oxygen atoms in total. The van der Waals surface area contributed by atoms with Crippen molar-refractivity contribution < 1.29 is 48.9 Å². The molecular weight excluding hydrogens is 689 g/mol. The molecule has 3 aromatic rings. The number of fused-ring (bicyclic) bond motifs is 1. The molecule has 40 heavy (non-hydrogen) atoms. The number of rotatable bonds is 15. The van der Waals surface area contributed by atoms with Crippen LogP contribution in [0.2, 0.25) is 9.28 Å². The summed E-state index contributed by atoms with van der Waals surface area (Å²) in [6.45, 7) is 5.34. The van der Waals surface area contributed by atoms with E-state index < -0.39 is 0 Å². The fourth-order valence-electron chi connectivity index (χ4n) is 4.47. The molecule has 2 N–H and O–H groups in total. The molecule has 1 aliphatic heterocycles. The fourth-order valence-corrected chi connectivity index (χ4v) is 6.38. The monoisotopic (exact) mass is 727 g/mol. The molecule has 0 radical (unpaired) electrons. The van der Waals surface area contributed by atoms with Crippen LogP contribution in [0.1, 0.15) is 41.7 Å². The Hall–Kier alpha value is -2.84. The molecule has 1 heterocycles. The van der Waals surface area contributed by atoms with Crippen LogP contribution in [0.15, 0.2) is 72.8 Å². The van der Waals surface area contributed by atoms with Crippen molar-refractivity contribution in [2.24, 2.45) is 0 Å². The third-order valence-electron chi connectivity index (χ3n) is 6.45. The van der Waals surface area contributed by atoms with Gasteiger partial charge in [0, 0.05) is 0 Å². The normalized spacial score (nSPS) is 15.0. The van der Waals surface area contributed by atoms with Crippen LogP contribution >= 0.6 is 0 Å². The molecule has 0 spiro atoms. The molecule has 0 bridgehead atoms. The van der Waals surface area contributed by atoms with Crippen molar-refractivity contribution in [3.05, 3.63) is 95.1 Å². The number of hydrogen-bond acceptors (Lipinski definition) is 6. The summed E-state index contributed by atoms with van der Waals surface area (Å²) in [7, 11) is 1.67. The first-order valence-corrected chi connectivity index (χ1v) is 16.5. The average molecular weight is 728 g/mol. The third-order valence-corrected chi connectivity index (χ3v) is 9.12. The van der Waals surface area contributed by atoms with Gasteiger partial charge in [-0.3, -0.25) is 0 Å². The number of aromatic hydroxyl groups is 2. The van der Waals surface area contributed by atoms with Gasteiger partial charge >= 0.3 is 225 Å². The van der Waals surface area contributed by atoms with Gasteiger partial charge < -0.3 is 10.2 Å². The molecule has 0 aliphatic carbocycles. The fraction of sp³-hybridized carbons (Fsp3) is 0.333. The first kappa shape index (κ1) is 30.1. The summed E-state index contributed by atoms with van der Waals surface area (Å²) in [5, 5.41) is 20.2. The predicted octanol–water partition coefficient (Wildman–Crippen LogP) is 7.16. The van der Waals surface area contributed by atoms with Gasteiger partial charge in [0.15, 0.2) is 0 Å². The molecule has 3 aromatic carbocycles. The first-order valence-electron chi connectivity index (χ1n) is 13.4. The van der Waals surface area contributed by atoms with E-state index in [0.29, 0.717) is 26.4 Å². The van der Waals surface area contributed by atoms with E-state index in [1.54, 1.807) is 31.4 Å². The van der Waals surface area contributed by atoms with E-state index in [4.69, 9.17) is 18.9 Å². The first-order chi connectivity index (χ1) is 19.6. The van der Waals surface area contributed by atoms with E-state index in [9.17, 15) is 10.2 Å². The topological polar surface area (TPSA) is 77.4 Å². The Bertz CT molecular complexity index is 1280. The molecule has 1 unspecified atom stereocenters. The van der Waals surface area contributed by atoms with Crippen molar-refractivity contribution in [3.63, 3.8) is 0 Å². The van der Waals surface area contributed by atoms with Crippen LogP contribution in [0.5, 0.6) is 17.2 Å². The minimum atomic E-state index is -0.332. The summed E-state index contributed by atoms with van der Waals surface area (Å²) in [5.41, 5.74) is 5.93. The van der Waals surface area contributed by atoms with Gasteiger partial charge in [-0.05, 0) is 6.07 Å². The van der Waals surface area contributed by atoms with Gasteiger partial charge in [0.25, 0.3) is 0 Å². The van der Waals surface area contributed by atoms with Gasteiger partial charge in [-0.1, -0.05) is 0 Å². The molecule has 0 saturated carbocycles. The number of phenols is 2. The number of hydrogen-bond donors (Lipinski definition) is 2. The van der Waals surface area contributed by atoms with E-state index in [1.165, 1.54) is 4.64 Å². The molecule has 7 heteroatoms. The van der Waals surface area contributed by atoms with Crippen LogP contribution in [-0.4, -0.2) is 50.4 Å². The summed E-state index contributed by atoms with van der Waals surface area (Å²) in [5.74, 6) is 1.14. The van der Waals surface area contributed by atoms with Gasteiger partial charge in [0.1, 0.15) is 5.75 Å². The summed E-state index contributed by atoms with van der Waals surface area (Å²) >= 11 is 0.244. The maximum absolute atomic E-state index is 10.2. The van der Waals surface area contributed by atoms with E-state index in [-0.39, 0.29) is 37.4 Å². The van der Waals surface area contributed by atoms with E-state index in [2.05, 4.69) is 36.4 Å². The Labute approximate surface area is 246 Å². The quantitative estimate of drug-likeness (QED) is 0.128. The zero-order valence-corrected chi connectivity index (χ0v) is 25.2. The number of methoxy groups -OCH3 is 1. The van der Waals surface area contributed by atoms with Crippen LogP contribution in [-0.2, 0) is 34.0 Å². The van der Waals surface area contributed by atoms with Crippen molar-refractivity contribution in [1.29, 1.82) is 0 Å². The van der Waals surface area contributed by atoms with E-state index in [1.807, 2.05) is 25.1 Å². The zero-order valence-electron chi connectivity index (χ0n) is 23.1. The Morgan fingerprint density at radius 3 is 2.40 bits per heavy atom. The second kappa shape index (κ2) is 15.8. The molecule has 0 aromatic heterocycles. The van der Waals surface area contributed by atoms with Crippen LogP contribution in [0.25, 0.3) is 17.2 Å². The summed E-state index contributed by atoms with van der Waals surface area (Å²) < 4.78 is 24.8. The molecular formula is C33H38AuO6. The van der Waals surface area contributed by atoms with Crippen molar-refractivity contribution in [3.8, 4) is 17.2 Å². The number of ether oxygens (including phenoxy) is 4. The predicted molar refractivity (Wildman–Crippen MR) is 155 cm³/mol. The second-order valence-corrected chi connectivity index (χ2v) is 12.4. The Morgan fingerprint density at radius 2 is 1.62 bits per heavy atom. The van der Waals surface area contributed by atoms with Crippen LogP contribution in [0, 0.1) is 0 Å². The Morgan fingerprint density at radius 1 is 0.875 bits per heavy atom. The maximum atomic E-state index is 10.2. The second-order valence-electron chi connectivity index (χ2n) is 9.33. The summed E-state index contributed by atoms with van der Waals surface area (Å²) in [4.78, 5) is 0. The summed E-state index contributed by atoms with van der Waals surface area (Å²) in [6.07, 6.45) is 5.22. The molecule has 0 fully saturated rings. The van der Waals surface area contributed by atoms with Crippen molar-refractivity contribution in [1.82, 2.24) is 0 Å². The Kier molecular flexibility index (Phi) is 11.9. The molecule has 4 rings (SSSR count). The van der Waals surface area contributed by atoms with Gasteiger partial charge in [0.05, 0.1) is 0 Å². The standard InChI is InChI=1S/C25H21O3.C8H17O3.Au/c1-3-5-17-8-10-18(11-9-17)25-24(19-6-4-7-20(26)14-19)16(2)22-15-21(27)12-13-23(22)28-25;1-3-4-10-7-8-11-6-5-9-2;/h3-15,25-27H,1H2,2H3;1,3-8H2,2H3;/b5-3-;;. The van der Waals surface area contributed by atoms with Gasteiger partial charge in [-0.25, -0.2) is 0 Å². The molecule has 0 amide bonds. The number of phenolic OH excluding ortho intramolecular Hbond substituents is 2. The zero-order chi connectivity index (χ0) is 28.2. The minimum absolute atomic E-state index is 0.196. The van der Waals surface area contributed by atoms with E-state index in [0.717, 1.165) is 56.8 Å². The molecule has 1 atom stereocenters. The van der Waals surface area contributed by atoms with Gasteiger partial charge in [-0.2, -0.15) is 0 Å². The van der Waals surface area contributed by atoms with E-state index >= 15 is 0 Å². The SMILES string of the molecule is COCCOCCOCC[CH2][Au][CH2]/C=C\c1ccc(C2Oc3ccc(O)cc3C(C)=C2c2cccc(O)c2)cc1. The molecule has 0 saturated heterocycles. The van der Waals surface area contributed by atoms with Gasteiger partial charge in [-0.15, -0.1) is 0 Å². The van der Waals surface area contributed by atoms with Crippen LogP contribution in [0.4, 0.5) is 0 Å². The van der Waals surface area contributed by atoms with Crippen LogP contribution in [0.3, 0.4) is 0 Å². The average Bonchev–Trinajstić information content (AvgIpc) is 2.96. The number of benzene rings is 3. The van der Waals surface area contributed by atoms with Crippen LogP contribution < -0.4 is 4.74 Å². The molecule has 1 aliphatic rings.